The molecule has 0 amide bonds. The second-order valence-electron chi connectivity index (χ2n) is 2.30. The summed E-state index contributed by atoms with van der Waals surface area (Å²) in [6, 6.07) is 1.56. The molecule has 0 radical (unpaired) electrons. The smallest absolute Gasteiger partial charge is 0.194 e. The van der Waals surface area contributed by atoms with Crippen molar-refractivity contribution >= 4 is 0 Å². The van der Waals surface area contributed by atoms with Gasteiger partial charge in [0.2, 0.25) is 0 Å². The summed E-state index contributed by atoms with van der Waals surface area (Å²) in [4.78, 5) is 0. The fourth-order valence-corrected chi connectivity index (χ4v) is 0.771. The number of hydrogen-bond acceptors (Lipinski definition) is 1. The molecule has 13 heavy (non-hydrogen) atoms. The van der Waals surface area contributed by atoms with E-state index in [0.717, 1.165) is 12.1 Å². The molecule has 0 bridgehead atoms. The molecular formula is C9H7F3O. The Hall–Kier alpha value is -1.45. The van der Waals surface area contributed by atoms with E-state index < -0.39 is 17.5 Å². The molecule has 0 aliphatic carbocycles. The summed E-state index contributed by atoms with van der Waals surface area (Å²) >= 11 is 0. The number of halogens is 3. The average molecular weight is 188 g/mol. The molecule has 1 aromatic rings. The maximum atomic E-state index is 12.5. The van der Waals surface area contributed by atoms with Gasteiger partial charge in [-0.15, -0.1) is 0 Å². The summed E-state index contributed by atoms with van der Waals surface area (Å²) in [5.41, 5.74) is 0. The molecule has 70 valence electrons. The Bertz CT molecular complexity index is 300. The van der Waals surface area contributed by atoms with Crippen molar-refractivity contribution in [2.45, 2.75) is 0 Å². The SMILES string of the molecule is C=CCOc1cc(F)c(F)c(F)c1. The summed E-state index contributed by atoms with van der Waals surface area (Å²) in [7, 11) is 0. The van der Waals surface area contributed by atoms with E-state index in [9.17, 15) is 13.2 Å². The third-order valence-corrected chi connectivity index (χ3v) is 1.33. The molecule has 0 aliphatic heterocycles. The van der Waals surface area contributed by atoms with Gasteiger partial charge in [0.1, 0.15) is 12.4 Å². The molecule has 1 aromatic carbocycles. The number of rotatable bonds is 3. The maximum Gasteiger partial charge on any atom is 0.194 e. The summed E-state index contributed by atoms with van der Waals surface area (Å²) in [6.07, 6.45) is 1.42. The number of hydrogen-bond donors (Lipinski definition) is 0. The van der Waals surface area contributed by atoms with Crippen LogP contribution >= 0.6 is 0 Å². The van der Waals surface area contributed by atoms with Gasteiger partial charge in [-0.05, 0) is 0 Å². The molecule has 0 saturated carbocycles. The van der Waals surface area contributed by atoms with Crippen LogP contribution in [0, 0.1) is 17.5 Å². The first kappa shape index (κ1) is 9.64. The van der Waals surface area contributed by atoms with Crippen molar-refractivity contribution in [1.29, 1.82) is 0 Å². The Kier molecular flexibility index (Phi) is 2.95. The normalized spacial score (nSPS) is 9.77. The molecule has 0 atom stereocenters. The van der Waals surface area contributed by atoms with Gasteiger partial charge in [0.25, 0.3) is 0 Å². The maximum absolute atomic E-state index is 12.5. The van der Waals surface area contributed by atoms with Crippen LogP contribution in [0.1, 0.15) is 0 Å². The highest BCUT2D eigenvalue weighted by atomic mass is 19.2. The van der Waals surface area contributed by atoms with Crippen molar-refractivity contribution in [3.8, 4) is 5.75 Å². The molecule has 0 heterocycles. The van der Waals surface area contributed by atoms with Crippen LogP contribution in [0.5, 0.6) is 5.75 Å². The first-order valence-electron chi connectivity index (χ1n) is 3.53. The van der Waals surface area contributed by atoms with E-state index >= 15 is 0 Å². The van der Waals surface area contributed by atoms with Gasteiger partial charge in [-0.2, -0.15) is 0 Å². The Balaban J connectivity index is 2.92. The minimum atomic E-state index is -1.49. The highest BCUT2D eigenvalue weighted by Crippen LogP contribution is 2.18. The monoisotopic (exact) mass is 188 g/mol. The molecule has 0 N–H and O–H groups in total. The predicted molar refractivity (Wildman–Crippen MR) is 42.0 cm³/mol. The number of ether oxygens (including phenoxy) is 1. The van der Waals surface area contributed by atoms with E-state index in [4.69, 9.17) is 4.74 Å². The topological polar surface area (TPSA) is 9.23 Å². The Morgan fingerprint density at radius 3 is 2.23 bits per heavy atom. The standard InChI is InChI=1S/C9H7F3O/c1-2-3-13-6-4-7(10)9(12)8(11)5-6/h2,4-5H,1,3H2. The lowest BCUT2D eigenvalue weighted by Crippen LogP contribution is -1.97. The molecule has 1 nitrogen and oxygen atoms in total. The highest BCUT2D eigenvalue weighted by Gasteiger charge is 2.10. The molecule has 0 aliphatic rings. The quantitative estimate of drug-likeness (QED) is 0.523. The molecular weight excluding hydrogens is 181 g/mol. The first-order valence-corrected chi connectivity index (χ1v) is 3.53. The fourth-order valence-electron chi connectivity index (χ4n) is 0.771. The van der Waals surface area contributed by atoms with Crippen LogP contribution in [0.3, 0.4) is 0 Å². The van der Waals surface area contributed by atoms with Crippen LogP contribution in [-0.2, 0) is 0 Å². The second-order valence-corrected chi connectivity index (χ2v) is 2.30. The Morgan fingerprint density at radius 2 is 1.77 bits per heavy atom. The van der Waals surface area contributed by atoms with Crippen molar-refractivity contribution in [3.05, 3.63) is 42.2 Å². The molecule has 0 spiro atoms. The van der Waals surface area contributed by atoms with Gasteiger partial charge < -0.3 is 4.74 Å². The summed E-state index contributed by atoms with van der Waals surface area (Å²) in [6.45, 7) is 3.47. The summed E-state index contributed by atoms with van der Waals surface area (Å²) in [5, 5.41) is 0. The Labute approximate surface area is 73.4 Å². The number of benzene rings is 1. The van der Waals surface area contributed by atoms with Crippen LogP contribution < -0.4 is 4.74 Å². The average Bonchev–Trinajstić information content (AvgIpc) is 2.10. The highest BCUT2D eigenvalue weighted by molar-refractivity contribution is 5.25. The fraction of sp³-hybridized carbons (Fsp3) is 0.111. The second kappa shape index (κ2) is 3.98. The molecule has 0 saturated heterocycles. The van der Waals surface area contributed by atoms with Gasteiger partial charge in [0.15, 0.2) is 17.5 Å². The van der Waals surface area contributed by atoms with Crippen molar-refractivity contribution in [2.75, 3.05) is 6.61 Å². The van der Waals surface area contributed by atoms with Crippen LogP contribution in [0.15, 0.2) is 24.8 Å². The van der Waals surface area contributed by atoms with Crippen molar-refractivity contribution < 1.29 is 17.9 Å². The minimum Gasteiger partial charge on any atom is -0.489 e. The van der Waals surface area contributed by atoms with E-state index in [1.54, 1.807) is 0 Å². The van der Waals surface area contributed by atoms with Gasteiger partial charge in [-0.25, -0.2) is 13.2 Å². The third-order valence-electron chi connectivity index (χ3n) is 1.33. The largest absolute Gasteiger partial charge is 0.489 e. The van der Waals surface area contributed by atoms with Crippen molar-refractivity contribution in [2.24, 2.45) is 0 Å². The third kappa shape index (κ3) is 2.24. The zero-order chi connectivity index (χ0) is 9.84. The molecule has 0 aromatic heterocycles. The van der Waals surface area contributed by atoms with Gasteiger partial charge in [0, 0.05) is 12.1 Å². The summed E-state index contributed by atoms with van der Waals surface area (Å²) in [5.74, 6) is -4.08. The van der Waals surface area contributed by atoms with E-state index in [-0.39, 0.29) is 12.4 Å². The zero-order valence-corrected chi connectivity index (χ0v) is 6.69. The van der Waals surface area contributed by atoms with Crippen LogP contribution in [0.4, 0.5) is 13.2 Å². The van der Waals surface area contributed by atoms with Gasteiger partial charge >= 0.3 is 0 Å². The van der Waals surface area contributed by atoms with E-state index in [0.29, 0.717) is 0 Å². The van der Waals surface area contributed by atoms with Gasteiger partial charge in [-0.3, -0.25) is 0 Å². The van der Waals surface area contributed by atoms with Gasteiger partial charge in [-0.1, -0.05) is 12.7 Å². The lowest BCUT2D eigenvalue weighted by atomic mass is 10.3. The minimum absolute atomic E-state index is 0.0590. The van der Waals surface area contributed by atoms with E-state index in [1.807, 2.05) is 0 Å². The molecule has 4 heteroatoms. The summed E-state index contributed by atoms with van der Waals surface area (Å²) < 4.78 is 42.3. The first-order chi connectivity index (χ1) is 6.15. The van der Waals surface area contributed by atoms with Crippen molar-refractivity contribution in [1.82, 2.24) is 0 Å². The Morgan fingerprint density at radius 1 is 1.23 bits per heavy atom. The van der Waals surface area contributed by atoms with Gasteiger partial charge in [0.05, 0.1) is 0 Å². The van der Waals surface area contributed by atoms with Crippen LogP contribution in [0.25, 0.3) is 0 Å². The van der Waals surface area contributed by atoms with Crippen LogP contribution in [-0.4, -0.2) is 6.61 Å². The van der Waals surface area contributed by atoms with E-state index in [1.165, 1.54) is 6.08 Å². The van der Waals surface area contributed by atoms with E-state index in [2.05, 4.69) is 6.58 Å². The molecule has 1 rings (SSSR count). The molecule has 0 fully saturated rings. The van der Waals surface area contributed by atoms with Crippen LogP contribution in [0.2, 0.25) is 0 Å². The lowest BCUT2D eigenvalue weighted by Gasteiger charge is -2.03. The predicted octanol–water partition coefficient (Wildman–Crippen LogP) is 2.67. The zero-order valence-electron chi connectivity index (χ0n) is 6.69. The molecule has 0 unspecified atom stereocenters. The van der Waals surface area contributed by atoms with Crippen molar-refractivity contribution in [3.63, 3.8) is 0 Å². The lowest BCUT2D eigenvalue weighted by molar-refractivity contribution is 0.351.